The van der Waals surface area contributed by atoms with E-state index in [0.717, 1.165) is 46.0 Å². The molecule has 2 aromatic carbocycles. The Morgan fingerprint density at radius 3 is 2.75 bits per heavy atom. The van der Waals surface area contributed by atoms with E-state index in [0.29, 0.717) is 24.3 Å². The van der Waals surface area contributed by atoms with E-state index in [2.05, 4.69) is 24.1 Å². The zero-order valence-corrected chi connectivity index (χ0v) is 19.8. The van der Waals surface area contributed by atoms with Crippen LogP contribution in [0.3, 0.4) is 0 Å². The number of rotatable bonds is 4. The Bertz CT molecular complexity index is 1460. The molecule has 3 N–H and O–H groups in total. The summed E-state index contributed by atoms with van der Waals surface area (Å²) in [5.74, 6) is 1.45. The lowest BCUT2D eigenvalue weighted by Gasteiger charge is -2.18. The minimum Gasteiger partial charge on any atom is -0.382 e. The van der Waals surface area contributed by atoms with Gasteiger partial charge in [0.15, 0.2) is 0 Å². The first-order valence-corrected chi connectivity index (χ1v) is 11.6. The molecule has 2 aromatic heterocycles. The molecule has 0 spiro atoms. The van der Waals surface area contributed by atoms with Gasteiger partial charge in [0.1, 0.15) is 22.9 Å². The number of hydrogen-bond acceptors (Lipinski definition) is 4. The fourth-order valence-electron chi connectivity index (χ4n) is 4.59. The highest BCUT2D eigenvalue weighted by Crippen LogP contribution is 2.36. The van der Waals surface area contributed by atoms with Crippen LogP contribution in [-0.4, -0.2) is 26.9 Å². The Hall–Kier alpha value is -4.08. The first-order valence-electron chi connectivity index (χ1n) is 11.6. The fourth-order valence-corrected chi connectivity index (χ4v) is 4.59. The summed E-state index contributed by atoms with van der Waals surface area (Å²) in [6.07, 6.45) is -0.279. The molecule has 0 aliphatic carbocycles. The number of urea groups is 1. The number of hydrogen-bond donors (Lipinski definition) is 2. The average molecular weight is 495 g/mol. The lowest BCUT2D eigenvalue weighted by molar-refractivity contribution is -0.137. The Labute approximate surface area is 205 Å². The number of imidazole rings is 1. The van der Waals surface area contributed by atoms with Crippen molar-refractivity contribution in [2.45, 2.75) is 38.9 Å². The van der Waals surface area contributed by atoms with E-state index in [1.165, 1.54) is 6.07 Å². The largest absolute Gasteiger partial charge is 0.416 e. The maximum absolute atomic E-state index is 13.0. The Kier molecular flexibility index (Phi) is 5.82. The molecule has 2 amide bonds. The van der Waals surface area contributed by atoms with Crippen molar-refractivity contribution < 1.29 is 18.0 Å². The second-order valence-electron chi connectivity index (χ2n) is 9.11. The van der Waals surface area contributed by atoms with E-state index in [4.69, 9.17) is 10.7 Å². The fraction of sp³-hybridized carbons (Fsp3) is 0.269. The maximum atomic E-state index is 13.0. The molecule has 1 aliphatic heterocycles. The second-order valence-corrected chi connectivity index (χ2v) is 9.11. The molecule has 186 valence electrons. The number of carbonyl (C=O) groups excluding carboxylic acids is 1. The number of carbonyl (C=O) groups is 1. The van der Waals surface area contributed by atoms with E-state index < -0.39 is 11.7 Å². The lowest BCUT2D eigenvalue weighted by atomic mass is 10.1. The minimum absolute atomic E-state index is 0.00241. The van der Waals surface area contributed by atoms with Crippen molar-refractivity contribution >= 4 is 23.1 Å². The van der Waals surface area contributed by atoms with E-state index >= 15 is 0 Å². The van der Waals surface area contributed by atoms with Gasteiger partial charge in [-0.3, -0.25) is 9.30 Å². The van der Waals surface area contributed by atoms with Gasteiger partial charge < -0.3 is 11.1 Å². The SMILES string of the molecule is CC(C)c1nc(-c2ccc3c(c2)CCN3C(=O)NCc2cccc(C(F)(F)F)c2)c2c(N)nccn12. The summed E-state index contributed by atoms with van der Waals surface area (Å²) < 4.78 is 40.9. The Morgan fingerprint density at radius 2 is 2.00 bits per heavy atom. The molecule has 4 aromatic rings. The number of fused-ring (bicyclic) bond motifs is 2. The molecule has 0 radical (unpaired) electrons. The molecular formula is C26H25F3N6O. The average Bonchev–Trinajstić information content (AvgIpc) is 3.44. The first-order chi connectivity index (χ1) is 17.1. The normalized spacial score (nSPS) is 13.4. The number of benzene rings is 2. The molecule has 1 aliphatic rings. The number of halogens is 3. The predicted molar refractivity (Wildman–Crippen MR) is 132 cm³/mol. The quantitative estimate of drug-likeness (QED) is 0.398. The van der Waals surface area contributed by atoms with E-state index in [-0.39, 0.29) is 18.5 Å². The van der Waals surface area contributed by atoms with E-state index in [1.54, 1.807) is 17.2 Å². The van der Waals surface area contributed by atoms with Gasteiger partial charge in [-0.2, -0.15) is 13.2 Å². The van der Waals surface area contributed by atoms with Crippen molar-refractivity contribution in [2.75, 3.05) is 17.2 Å². The number of alkyl halides is 3. The monoisotopic (exact) mass is 494 g/mol. The van der Waals surface area contributed by atoms with Crippen LogP contribution in [0.1, 0.15) is 42.3 Å². The molecule has 0 atom stereocenters. The van der Waals surface area contributed by atoms with Gasteiger partial charge in [-0.15, -0.1) is 0 Å². The van der Waals surface area contributed by atoms with E-state index in [9.17, 15) is 18.0 Å². The molecule has 10 heteroatoms. The third kappa shape index (κ3) is 4.23. The topological polar surface area (TPSA) is 88.5 Å². The summed E-state index contributed by atoms with van der Waals surface area (Å²) in [6, 6.07) is 10.4. The number of nitrogens with one attached hydrogen (secondary N) is 1. The Morgan fingerprint density at radius 1 is 1.19 bits per heavy atom. The van der Waals surface area contributed by atoms with Crippen molar-refractivity contribution in [3.05, 3.63) is 77.4 Å². The number of amides is 2. The lowest BCUT2D eigenvalue weighted by Crippen LogP contribution is -2.38. The third-order valence-corrected chi connectivity index (χ3v) is 6.32. The van der Waals surface area contributed by atoms with Gasteiger partial charge in [-0.1, -0.05) is 32.0 Å². The summed E-state index contributed by atoms with van der Waals surface area (Å²) in [5, 5.41) is 2.73. The van der Waals surface area contributed by atoms with Crippen LogP contribution in [0.5, 0.6) is 0 Å². The zero-order chi connectivity index (χ0) is 25.6. The minimum atomic E-state index is -4.43. The van der Waals surface area contributed by atoms with Gasteiger partial charge >= 0.3 is 12.2 Å². The molecule has 0 unspecified atom stereocenters. The van der Waals surface area contributed by atoms with Gasteiger partial charge in [0.05, 0.1) is 5.56 Å². The van der Waals surface area contributed by atoms with Crippen LogP contribution < -0.4 is 16.0 Å². The van der Waals surface area contributed by atoms with Gasteiger partial charge in [0.2, 0.25) is 0 Å². The molecular weight excluding hydrogens is 469 g/mol. The second kappa shape index (κ2) is 8.85. The van der Waals surface area contributed by atoms with Crippen molar-refractivity contribution in [1.29, 1.82) is 0 Å². The Balaban J connectivity index is 1.38. The molecule has 0 saturated heterocycles. The van der Waals surface area contributed by atoms with Gasteiger partial charge in [-0.25, -0.2) is 14.8 Å². The summed E-state index contributed by atoms with van der Waals surface area (Å²) in [7, 11) is 0. The predicted octanol–water partition coefficient (Wildman–Crippen LogP) is 5.39. The third-order valence-electron chi connectivity index (χ3n) is 6.32. The number of nitrogens with zero attached hydrogens (tertiary/aromatic N) is 4. The van der Waals surface area contributed by atoms with Gasteiger partial charge in [0.25, 0.3) is 0 Å². The van der Waals surface area contributed by atoms with Crippen molar-refractivity contribution in [2.24, 2.45) is 0 Å². The van der Waals surface area contributed by atoms with Crippen LogP contribution in [0, 0.1) is 0 Å². The highest BCUT2D eigenvalue weighted by atomic mass is 19.4. The highest BCUT2D eigenvalue weighted by molar-refractivity contribution is 5.95. The summed E-state index contributed by atoms with van der Waals surface area (Å²) in [5.41, 5.74) is 9.95. The first kappa shape index (κ1) is 23.7. The smallest absolute Gasteiger partial charge is 0.382 e. The molecule has 3 heterocycles. The van der Waals surface area contributed by atoms with Crippen molar-refractivity contribution in [3.8, 4) is 11.3 Å². The molecule has 36 heavy (non-hydrogen) atoms. The van der Waals surface area contributed by atoms with Gasteiger partial charge in [0, 0.05) is 42.7 Å². The summed E-state index contributed by atoms with van der Waals surface area (Å²) in [6.45, 7) is 4.59. The zero-order valence-electron chi connectivity index (χ0n) is 19.8. The number of nitrogens with two attached hydrogens (primary N) is 1. The van der Waals surface area contributed by atoms with Crippen LogP contribution in [0.15, 0.2) is 54.9 Å². The molecule has 0 fully saturated rings. The van der Waals surface area contributed by atoms with Gasteiger partial charge in [-0.05, 0) is 41.8 Å². The van der Waals surface area contributed by atoms with Crippen LogP contribution in [-0.2, 0) is 19.1 Å². The molecule has 7 nitrogen and oxygen atoms in total. The maximum Gasteiger partial charge on any atom is 0.416 e. The standard InChI is InChI=1S/C26H25F3N6O/c1-15(2)24-33-21(22-23(30)31-9-11-35(22)24)18-6-7-20-17(13-18)8-10-34(20)25(36)32-14-16-4-3-5-19(12-16)26(27,28)29/h3-7,9,11-13,15H,8,10,14H2,1-2H3,(H2,30,31)(H,32,36). The van der Waals surface area contributed by atoms with Crippen LogP contribution in [0.2, 0.25) is 0 Å². The molecule has 5 rings (SSSR count). The highest BCUT2D eigenvalue weighted by Gasteiger charge is 2.30. The van der Waals surface area contributed by atoms with Crippen LogP contribution in [0.25, 0.3) is 16.8 Å². The van der Waals surface area contributed by atoms with Crippen molar-refractivity contribution in [1.82, 2.24) is 19.7 Å². The number of aromatic nitrogens is 3. The number of anilines is 2. The molecule has 0 saturated carbocycles. The van der Waals surface area contributed by atoms with Crippen LogP contribution in [0.4, 0.5) is 29.5 Å². The summed E-state index contributed by atoms with van der Waals surface area (Å²) in [4.78, 5) is 23.6. The van der Waals surface area contributed by atoms with E-state index in [1.807, 2.05) is 28.8 Å². The summed E-state index contributed by atoms with van der Waals surface area (Å²) >= 11 is 0. The van der Waals surface area contributed by atoms with Crippen molar-refractivity contribution in [3.63, 3.8) is 0 Å². The number of nitrogen functional groups attached to an aromatic ring is 1. The van der Waals surface area contributed by atoms with Crippen LogP contribution >= 0.6 is 0 Å². The molecule has 0 bridgehead atoms.